The lowest BCUT2D eigenvalue weighted by Crippen LogP contribution is -2.43. The molecule has 4 nitrogen and oxygen atoms in total. The molecule has 1 amide bonds. The zero-order valence-corrected chi connectivity index (χ0v) is 9.08. The molecule has 0 saturated carbocycles. The number of rotatable bonds is 4. The first-order valence-corrected chi connectivity index (χ1v) is 5.34. The second-order valence-corrected chi connectivity index (χ2v) is 3.60. The van der Waals surface area contributed by atoms with E-state index < -0.39 is 0 Å². The van der Waals surface area contributed by atoms with Crippen molar-refractivity contribution in [2.75, 3.05) is 19.7 Å². The van der Waals surface area contributed by atoms with Crippen LogP contribution in [0.5, 0.6) is 0 Å². The predicted octanol–water partition coefficient (Wildman–Crippen LogP) is -0.107. The van der Waals surface area contributed by atoms with Gasteiger partial charge in [0.05, 0.1) is 25.2 Å². The molecule has 2 N–H and O–H groups in total. The van der Waals surface area contributed by atoms with Crippen molar-refractivity contribution in [2.24, 2.45) is 0 Å². The number of carbonyl (C=O) groups excluding carboxylic acids is 1. The minimum absolute atomic E-state index is 0.0194. The highest BCUT2D eigenvalue weighted by Crippen LogP contribution is 2.01. The molecule has 1 rings (SSSR count). The Morgan fingerprint density at radius 2 is 2.60 bits per heavy atom. The van der Waals surface area contributed by atoms with Gasteiger partial charge in [0.15, 0.2) is 0 Å². The van der Waals surface area contributed by atoms with E-state index in [0.29, 0.717) is 13.0 Å². The minimum Gasteiger partial charge on any atom is -0.375 e. The van der Waals surface area contributed by atoms with E-state index >= 15 is 0 Å². The molecule has 1 heterocycles. The van der Waals surface area contributed by atoms with Crippen molar-refractivity contribution in [2.45, 2.75) is 31.9 Å². The fourth-order valence-electron chi connectivity index (χ4n) is 1.47. The van der Waals surface area contributed by atoms with E-state index in [1.165, 1.54) is 0 Å². The molecule has 1 aliphatic heterocycles. The van der Waals surface area contributed by atoms with Crippen molar-refractivity contribution in [1.29, 1.82) is 0 Å². The Balaban J connectivity index is 2.25. The standard InChI is InChI=1S/C11H18N2O2/c1-3-9(4-2)13-11(14)7-10-8-12-5-6-15-10/h1,9-10,12H,4-8H2,2H3,(H,13,14). The molecule has 0 aliphatic carbocycles. The van der Waals surface area contributed by atoms with Gasteiger partial charge in [0, 0.05) is 13.1 Å². The van der Waals surface area contributed by atoms with Crippen LogP contribution < -0.4 is 10.6 Å². The van der Waals surface area contributed by atoms with E-state index in [2.05, 4.69) is 16.6 Å². The average molecular weight is 210 g/mol. The highest BCUT2D eigenvalue weighted by atomic mass is 16.5. The van der Waals surface area contributed by atoms with Crippen molar-refractivity contribution in [3.63, 3.8) is 0 Å². The average Bonchev–Trinajstić information content (AvgIpc) is 2.27. The molecule has 2 atom stereocenters. The monoisotopic (exact) mass is 210 g/mol. The van der Waals surface area contributed by atoms with E-state index in [-0.39, 0.29) is 18.1 Å². The van der Waals surface area contributed by atoms with Crippen LogP contribution in [0.25, 0.3) is 0 Å². The van der Waals surface area contributed by atoms with Gasteiger partial charge in [0.25, 0.3) is 0 Å². The van der Waals surface area contributed by atoms with E-state index in [9.17, 15) is 4.79 Å². The Kier molecular flexibility index (Phi) is 5.16. The van der Waals surface area contributed by atoms with Gasteiger partial charge in [-0.3, -0.25) is 4.79 Å². The lowest BCUT2D eigenvalue weighted by atomic mass is 10.2. The summed E-state index contributed by atoms with van der Waals surface area (Å²) in [4.78, 5) is 11.5. The van der Waals surface area contributed by atoms with E-state index in [4.69, 9.17) is 11.2 Å². The summed E-state index contributed by atoms with van der Waals surface area (Å²) in [6, 6.07) is -0.158. The van der Waals surface area contributed by atoms with Crippen LogP contribution in [0.2, 0.25) is 0 Å². The van der Waals surface area contributed by atoms with Crippen LogP contribution >= 0.6 is 0 Å². The summed E-state index contributed by atoms with van der Waals surface area (Å²) in [5.41, 5.74) is 0. The van der Waals surface area contributed by atoms with Crippen LogP contribution in [0.1, 0.15) is 19.8 Å². The van der Waals surface area contributed by atoms with Gasteiger partial charge in [-0.05, 0) is 6.42 Å². The Morgan fingerprint density at radius 1 is 1.80 bits per heavy atom. The van der Waals surface area contributed by atoms with Gasteiger partial charge in [-0.1, -0.05) is 12.8 Å². The second-order valence-electron chi connectivity index (χ2n) is 3.60. The van der Waals surface area contributed by atoms with Crippen LogP contribution in [-0.4, -0.2) is 37.7 Å². The summed E-state index contributed by atoms with van der Waals surface area (Å²) in [6.45, 7) is 4.22. The molecule has 0 aromatic rings. The molecule has 84 valence electrons. The first-order valence-electron chi connectivity index (χ1n) is 5.34. The Morgan fingerprint density at radius 3 is 3.13 bits per heavy atom. The highest BCUT2D eigenvalue weighted by Gasteiger charge is 2.18. The maximum Gasteiger partial charge on any atom is 0.223 e. The summed E-state index contributed by atoms with van der Waals surface area (Å²) in [6.07, 6.45) is 6.37. The highest BCUT2D eigenvalue weighted by molar-refractivity contribution is 5.77. The Labute approximate surface area is 90.8 Å². The third-order valence-corrected chi connectivity index (χ3v) is 2.36. The quantitative estimate of drug-likeness (QED) is 0.637. The van der Waals surface area contributed by atoms with Gasteiger partial charge in [-0.25, -0.2) is 0 Å². The van der Waals surface area contributed by atoms with Crippen LogP contribution in [0.15, 0.2) is 0 Å². The van der Waals surface area contributed by atoms with E-state index in [1.807, 2.05) is 6.92 Å². The third-order valence-electron chi connectivity index (χ3n) is 2.36. The minimum atomic E-state index is -0.158. The predicted molar refractivity (Wildman–Crippen MR) is 58.3 cm³/mol. The molecule has 1 aliphatic rings. The molecular formula is C11H18N2O2. The van der Waals surface area contributed by atoms with Crippen molar-refractivity contribution >= 4 is 5.91 Å². The number of nitrogens with one attached hydrogen (secondary N) is 2. The molecule has 0 aromatic carbocycles. The number of ether oxygens (including phenoxy) is 1. The summed E-state index contributed by atoms with van der Waals surface area (Å²) in [7, 11) is 0. The van der Waals surface area contributed by atoms with Gasteiger partial charge in [-0.2, -0.15) is 0 Å². The van der Waals surface area contributed by atoms with Crippen LogP contribution in [0.4, 0.5) is 0 Å². The van der Waals surface area contributed by atoms with E-state index in [1.54, 1.807) is 0 Å². The molecule has 1 fully saturated rings. The summed E-state index contributed by atoms with van der Waals surface area (Å²) in [5.74, 6) is 2.50. The Bertz CT molecular complexity index is 241. The van der Waals surface area contributed by atoms with Crippen molar-refractivity contribution in [3.05, 3.63) is 0 Å². The number of hydrogen-bond acceptors (Lipinski definition) is 3. The molecule has 0 bridgehead atoms. The molecular weight excluding hydrogens is 192 g/mol. The van der Waals surface area contributed by atoms with Gasteiger partial charge < -0.3 is 15.4 Å². The lowest BCUT2D eigenvalue weighted by molar-refractivity contribution is -0.124. The maximum atomic E-state index is 11.5. The second kappa shape index (κ2) is 6.44. The molecule has 1 saturated heterocycles. The first kappa shape index (κ1) is 12.0. The molecule has 15 heavy (non-hydrogen) atoms. The SMILES string of the molecule is C#CC(CC)NC(=O)CC1CNCCO1. The fraction of sp³-hybridized carbons (Fsp3) is 0.727. The molecule has 2 unspecified atom stereocenters. The van der Waals surface area contributed by atoms with Crippen LogP contribution in [0.3, 0.4) is 0 Å². The number of terminal acetylenes is 1. The van der Waals surface area contributed by atoms with Crippen molar-refractivity contribution in [1.82, 2.24) is 10.6 Å². The van der Waals surface area contributed by atoms with Gasteiger partial charge >= 0.3 is 0 Å². The normalized spacial score (nSPS) is 22.8. The maximum absolute atomic E-state index is 11.5. The fourth-order valence-corrected chi connectivity index (χ4v) is 1.47. The van der Waals surface area contributed by atoms with Crippen LogP contribution in [-0.2, 0) is 9.53 Å². The third kappa shape index (κ3) is 4.32. The van der Waals surface area contributed by atoms with Gasteiger partial charge in [-0.15, -0.1) is 6.42 Å². The summed E-state index contributed by atoms with van der Waals surface area (Å²) < 4.78 is 5.42. The number of morpholine rings is 1. The van der Waals surface area contributed by atoms with Crippen molar-refractivity contribution < 1.29 is 9.53 Å². The Hall–Kier alpha value is -1.05. The van der Waals surface area contributed by atoms with E-state index in [0.717, 1.165) is 19.5 Å². The molecule has 0 spiro atoms. The van der Waals surface area contributed by atoms with Crippen LogP contribution in [0, 0.1) is 12.3 Å². The topological polar surface area (TPSA) is 50.4 Å². The molecule has 4 heteroatoms. The first-order chi connectivity index (χ1) is 7.26. The van der Waals surface area contributed by atoms with Gasteiger partial charge in [0.1, 0.15) is 0 Å². The summed E-state index contributed by atoms with van der Waals surface area (Å²) >= 11 is 0. The zero-order valence-electron chi connectivity index (χ0n) is 9.08. The number of amides is 1. The largest absolute Gasteiger partial charge is 0.375 e. The molecule has 0 radical (unpaired) electrons. The summed E-state index contributed by atoms with van der Waals surface area (Å²) in [5, 5.41) is 5.96. The number of hydrogen-bond donors (Lipinski definition) is 2. The molecule has 0 aromatic heterocycles. The smallest absolute Gasteiger partial charge is 0.223 e. The lowest BCUT2D eigenvalue weighted by Gasteiger charge is -2.23. The zero-order chi connectivity index (χ0) is 11.1. The number of carbonyl (C=O) groups is 1. The van der Waals surface area contributed by atoms with Crippen molar-refractivity contribution in [3.8, 4) is 12.3 Å². The van der Waals surface area contributed by atoms with Gasteiger partial charge in [0.2, 0.25) is 5.91 Å².